The molecule has 4 rings (SSSR count). The first-order chi connectivity index (χ1) is 14.5. The highest BCUT2D eigenvalue weighted by molar-refractivity contribution is 9.10. The normalized spacial score (nSPS) is 11.5. The Kier molecular flexibility index (Phi) is 5.69. The molecule has 5 heteroatoms. The molecule has 1 heterocycles. The van der Waals surface area contributed by atoms with E-state index in [0.29, 0.717) is 18.0 Å². The second kappa shape index (κ2) is 8.56. The van der Waals surface area contributed by atoms with Crippen molar-refractivity contribution in [3.8, 4) is 11.8 Å². The van der Waals surface area contributed by atoms with Crippen molar-refractivity contribution in [3.63, 3.8) is 0 Å². The van der Waals surface area contributed by atoms with Crippen LogP contribution in [0.1, 0.15) is 28.1 Å². The number of benzene rings is 3. The first-order valence-electron chi connectivity index (χ1n) is 9.58. The topological polar surface area (TPSA) is 61.7 Å². The number of fused-ring (bicyclic) bond motifs is 1. The Morgan fingerprint density at radius 1 is 1.10 bits per heavy atom. The molecule has 4 nitrogen and oxygen atoms in total. The summed E-state index contributed by atoms with van der Waals surface area (Å²) < 4.78 is 6.78. The second-order valence-electron chi connectivity index (χ2n) is 7.24. The smallest absolute Gasteiger partial charge is 0.149 e. The maximum atomic E-state index is 9.66. The van der Waals surface area contributed by atoms with Crippen molar-refractivity contribution in [2.45, 2.75) is 20.5 Å². The van der Waals surface area contributed by atoms with Crippen LogP contribution >= 0.6 is 15.9 Å². The quantitative estimate of drug-likeness (QED) is 0.344. The predicted molar refractivity (Wildman–Crippen MR) is 124 cm³/mol. The van der Waals surface area contributed by atoms with Gasteiger partial charge in [-0.2, -0.15) is 5.26 Å². The number of aromatic nitrogens is 2. The van der Waals surface area contributed by atoms with Crippen LogP contribution in [0.5, 0.6) is 5.75 Å². The molecule has 3 aromatic carbocycles. The first kappa shape index (κ1) is 19.9. The van der Waals surface area contributed by atoms with Gasteiger partial charge in [-0.3, -0.25) is 0 Å². The number of aromatic amines is 1. The number of nitriles is 1. The number of hydrogen-bond acceptors (Lipinski definition) is 3. The zero-order valence-corrected chi connectivity index (χ0v) is 18.3. The zero-order chi connectivity index (χ0) is 21.1. The number of nitrogens with one attached hydrogen (secondary N) is 1. The maximum Gasteiger partial charge on any atom is 0.149 e. The van der Waals surface area contributed by atoms with Gasteiger partial charge in [0, 0.05) is 0 Å². The van der Waals surface area contributed by atoms with E-state index in [0.717, 1.165) is 37.9 Å². The monoisotopic (exact) mass is 457 g/mol. The summed E-state index contributed by atoms with van der Waals surface area (Å²) in [4.78, 5) is 7.79. The number of ether oxygens (including phenoxy) is 1. The second-order valence-corrected chi connectivity index (χ2v) is 8.10. The molecule has 148 valence electrons. The molecule has 1 N–H and O–H groups in total. The molecule has 0 aliphatic rings. The van der Waals surface area contributed by atoms with Crippen LogP contribution in [0.15, 0.2) is 65.1 Å². The fraction of sp³-hybridized carbons (Fsp3) is 0.120. The minimum Gasteiger partial charge on any atom is -0.488 e. The summed E-state index contributed by atoms with van der Waals surface area (Å²) in [5.41, 5.74) is 6.61. The first-order valence-corrected chi connectivity index (χ1v) is 10.4. The Labute approximate surface area is 184 Å². The molecular weight excluding hydrogens is 438 g/mol. The van der Waals surface area contributed by atoms with Gasteiger partial charge in [-0.05, 0) is 76.8 Å². The minimum absolute atomic E-state index is 0.476. The zero-order valence-electron chi connectivity index (χ0n) is 16.7. The molecule has 0 saturated carbocycles. The third-order valence-electron chi connectivity index (χ3n) is 4.76. The number of imidazole rings is 1. The van der Waals surface area contributed by atoms with Gasteiger partial charge in [0.1, 0.15) is 24.3 Å². The van der Waals surface area contributed by atoms with Crippen LogP contribution in [0, 0.1) is 25.2 Å². The van der Waals surface area contributed by atoms with Crippen LogP contribution in [0.3, 0.4) is 0 Å². The molecule has 30 heavy (non-hydrogen) atoms. The van der Waals surface area contributed by atoms with Gasteiger partial charge in [-0.25, -0.2) is 4.98 Å². The van der Waals surface area contributed by atoms with Crippen molar-refractivity contribution >= 4 is 38.6 Å². The van der Waals surface area contributed by atoms with E-state index in [-0.39, 0.29) is 0 Å². The number of aryl methyl sites for hydroxylation is 2. The molecule has 0 aliphatic carbocycles. The van der Waals surface area contributed by atoms with Crippen molar-refractivity contribution < 1.29 is 4.74 Å². The van der Waals surface area contributed by atoms with Crippen LogP contribution < -0.4 is 4.74 Å². The van der Waals surface area contributed by atoms with Crippen LogP contribution in [-0.2, 0) is 6.61 Å². The van der Waals surface area contributed by atoms with E-state index < -0.39 is 0 Å². The van der Waals surface area contributed by atoms with Crippen molar-refractivity contribution in [1.29, 1.82) is 5.26 Å². The molecule has 0 radical (unpaired) electrons. The molecule has 0 unspecified atom stereocenters. The highest BCUT2D eigenvalue weighted by Gasteiger charge is 2.09. The Morgan fingerprint density at radius 2 is 1.93 bits per heavy atom. The highest BCUT2D eigenvalue weighted by Crippen LogP contribution is 2.29. The van der Waals surface area contributed by atoms with Gasteiger partial charge >= 0.3 is 0 Å². The predicted octanol–water partition coefficient (Wildman–Crippen LogP) is 6.59. The number of rotatable bonds is 5. The van der Waals surface area contributed by atoms with Gasteiger partial charge in [0.05, 0.1) is 21.1 Å². The third kappa shape index (κ3) is 4.45. The molecule has 0 amide bonds. The van der Waals surface area contributed by atoms with Crippen LogP contribution in [0.2, 0.25) is 0 Å². The van der Waals surface area contributed by atoms with Crippen molar-refractivity contribution in [3.05, 3.63) is 93.2 Å². The third-order valence-corrected chi connectivity index (χ3v) is 5.38. The molecule has 0 bridgehead atoms. The average Bonchev–Trinajstić information content (AvgIpc) is 3.14. The van der Waals surface area contributed by atoms with Crippen LogP contribution in [-0.4, -0.2) is 9.97 Å². The minimum atomic E-state index is 0.476. The molecule has 0 aliphatic heterocycles. The summed E-state index contributed by atoms with van der Waals surface area (Å²) in [6.45, 7) is 4.59. The molecule has 4 aromatic rings. The Balaban J connectivity index is 1.56. The molecule has 0 fully saturated rings. The molecule has 0 saturated heterocycles. The fourth-order valence-electron chi connectivity index (χ4n) is 3.26. The van der Waals surface area contributed by atoms with E-state index >= 15 is 0 Å². The van der Waals surface area contributed by atoms with Crippen molar-refractivity contribution in [1.82, 2.24) is 9.97 Å². The lowest BCUT2D eigenvalue weighted by Crippen LogP contribution is -1.96. The number of H-pyrrole nitrogens is 1. The number of allylic oxidation sites excluding steroid dienone is 1. The Morgan fingerprint density at radius 3 is 2.70 bits per heavy atom. The lowest BCUT2D eigenvalue weighted by Gasteiger charge is -2.09. The number of hydrogen-bond donors (Lipinski definition) is 1. The van der Waals surface area contributed by atoms with E-state index in [2.05, 4.69) is 51.0 Å². The van der Waals surface area contributed by atoms with Crippen molar-refractivity contribution in [2.75, 3.05) is 0 Å². The standard InChI is InChI=1S/C25H20BrN3O/c1-16-4-3-5-19(10-16)15-30-24-9-7-18(13-21(24)26)12-20(14-27)25-28-22-8-6-17(2)11-23(22)29-25/h3-13H,15H2,1-2H3,(H,28,29). The van der Waals surface area contributed by atoms with Crippen molar-refractivity contribution in [2.24, 2.45) is 0 Å². The summed E-state index contributed by atoms with van der Waals surface area (Å²) in [5, 5.41) is 9.66. The summed E-state index contributed by atoms with van der Waals surface area (Å²) in [6, 6.07) is 22.3. The van der Waals surface area contributed by atoms with E-state index in [1.165, 1.54) is 5.56 Å². The van der Waals surface area contributed by atoms with E-state index in [4.69, 9.17) is 4.74 Å². The largest absolute Gasteiger partial charge is 0.488 e. The Hall–Kier alpha value is -3.36. The van der Waals surface area contributed by atoms with Gasteiger partial charge in [0.25, 0.3) is 0 Å². The van der Waals surface area contributed by atoms with Crippen LogP contribution in [0.4, 0.5) is 0 Å². The molecule has 1 aromatic heterocycles. The summed E-state index contributed by atoms with van der Waals surface area (Å²) in [5.74, 6) is 1.32. The lowest BCUT2D eigenvalue weighted by atomic mass is 10.1. The lowest BCUT2D eigenvalue weighted by molar-refractivity contribution is 0.304. The molecular formula is C25H20BrN3O. The number of nitrogens with zero attached hydrogens (tertiary/aromatic N) is 2. The summed E-state index contributed by atoms with van der Waals surface area (Å²) in [6.07, 6.45) is 1.82. The molecule has 0 spiro atoms. The van der Waals surface area contributed by atoms with E-state index in [9.17, 15) is 5.26 Å². The van der Waals surface area contributed by atoms with Crippen LogP contribution in [0.25, 0.3) is 22.7 Å². The Bertz CT molecular complexity index is 1300. The van der Waals surface area contributed by atoms with Gasteiger partial charge < -0.3 is 9.72 Å². The van der Waals surface area contributed by atoms with Gasteiger partial charge in [0.15, 0.2) is 0 Å². The SMILES string of the molecule is Cc1cccc(COc2ccc(C=C(C#N)c3nc4ccc(C)cc4[nH]3)cc2Br)c1. The molecule has 0 atom stereocenters. The van der Waals surface area contributed by atoms with E-state index in [1.807, 2.05) is 61.5 Å². The summed E-state index contributed by atoms with van der Waals surface area (Å²) in [7, 11) is 0. The van der Waals surface area contributed by atoms with E-state index in [1.54, 1.807) is 0 Å². The average molecular weight is 458 g/mol. The van der Waals surface area contributed by atoms with Gasteiger partial charge in [-0.15, -0.1) is 0 Å². The fourth-order valence-corrected chi connectivity index (χ4v) is 3.77. The van der Waals surface area contributed by atoms with Gasteiger partial charge in [0.2, 0.25) is 0 Å². The maximum absolute atomic E-state index is 9.66. The number of halogens is 1. The summed E-state index contributed by atoms with van der Waals surface area (Å²) >= 11 is 3.58. The van der Waals surface area contributed by atoms with Gasteiger partial charge in [-0.1, -0.05) is 42.0 Å². The highest BCUT2D eigenvalue weighted by atomic mass is 79.9.